The largest absolute Gasteiger partial charge is 0.452 e. The number of furan rings is 1. The zero-order valence-electron chi connectivity index (χ0n) is 49.4. The number of aromatic nitrogens is 6. The number of para-hydroxylation sites is 3. The van der Waals surface area contributed by atoms with E-state index in [0.717, 1.165) is 108 Å². The van der Waals surface area contributed by atoms with Gasteiger partial charge in [-0.2, -0.15) is 0 Å². The molecule has 1 aliphatic rings. The first-order chi connectivity index (χ1) is 46.6. The van der Waals surface area contributed by atoms with Gasteiger partial charge in [-0.25, -0.2) is 19.9 Å². The third kappa shape index (κ3) is 7.18. The minimum absolute atomic E-state index is 0.604. The fourth-order valence-electron chi connectivity index (χ4n) is 15.2. The van der Waals surface area contributed by atoms with Crippen molar-refractivity contribution in [2.75, 3.05) is 0 Å². The average Bonchev–Trinajstić information content (AvgIpc) is 1.54. The molecule has 0 aliphatic carbocycles. The standard InChI is InChI=1S/C82H42N6OS5/c1-2-19-43(20-3-1)70-80-73(54-28-11-17-35-62(54)93-80)86-81(83-70)88-58-31-13-7-24-50(58)67-56-41-44(37-39-48(56)79-69(75(67)88)53-27-10-16-34-61(53)92-79)45-38-40-63-65(42-45)90-64-36-18-29-55(77(64)94-63)72-76-71(51-25-8-14-32-59(51)89-76)84-82(85-72)87-57-30-12-6-23-49(57)66-46-21-4-5-22-47(46)78-68(74(66)87)52-26-9-15-33-60(52)91-78/h1-42H. The summed E-state index contributed by atoms with van der Waals surface area (Å²) in [5, 5.41) is 16.6. The average molecular weight is 1290 g/mol. The van der Waals surface area contributed by atoms with Crippen molar-refractivity contribution in [3.05, 3.63) is 255 Å². The predicted molar refractivity (Wildman–Crippen MR) is 398 cm³/mol. The number of rotatable bonds is 5. The lowest BCUT2D eigenvalue weighted by atomic mass is 9.96. The molecule has 22 rings (SSSR count). The third-order valence-electron chi connectivity index (χ3n) is 19.2. The number of hydrogen-bond donors (Lipinski definition) is 0. The van der Waals surface area contributed by atoms with E-state index in [0.29, 0.717) is 17.5 Å². The van der Waals surface area contributed by atoms with Crippen molar-refractivity contribution in [3.63, 3.8) is 0 Å². The molecule has 8 aromatic heterocycles. The molecule has 21 aromatic rings. The van der Waals surface area contributed by atoms with Crippen molar-refractivity contribution < 1.29 is 4.42 Å². The second-order valence-corrected chi connectivity index (χ2v) is 29.5. The molecule has 0 radical (unpaired) electrons. The van der Waals surface area contributed by atoms with Crippen LogP contribution in [0.5, 0.6) is 0 Å². The Kier molecular flexibility index (Phi) is 10.7. The van der Waals surface area contributed by atoms with Crippen molar-refractivity contribution >= 4 is 205 Å². The molecule has 9 heterocycles. The molecule has 0 atom stereocenters. The summed E-state index contributed by atoms with van der Waals surface area (Å²) in [5.41, 5.74) is 13.6. The van der Waals surface area contributed by atoms with E-state index < -0.39 is 0 Å². The molecule has 0 N–H and O–H groups in total. The molecule has 0 amide bonds. The smallest absolute Gasteiger partial charge is 0.236 e. The summed E-state index contributed by atoms with van der Waals surface area (Å²) >= 11 is 9.12. The van der Waals surface area contributed by atoms with Crippen molar-refractivity contribution in [2.24, 2.45) is 0 Å². The third-order valence-corrected chi connectivity index (χ3v) is 25.4. The van der Waals surface area contributed by atoms with Crippen LogP contribution in [0, 0.1) is 0 Å². The van der Waals surface area contributed by atoms with E-state index in [-0.39, 0.29) is 0 Å². The van der Waals surface area contributed by atoms with Gasteiger partial charge < -0.3 is 4.42 Å². The zero-order valence-corrected chi connectivity index (χ0v) is 53.5. The van der Waals surface area contributed by atoms with Crippen LogP contribution in [0.1, 0.15) is 0 Å². The first-order valence-corrected chi connectivity index (χ1v) is 35.3. The number of thiophene rings is 3. The van der Waals surface area contributed by atoms with Gasteiger partial charge in [-0.15, -0.1) is 34.0 Å². The first-order valence-electron chi connectivity index (χ1n) is 31.3. The van der Waals surface area contributed by atoms with Gasteiger partial charge in [-0.3, -0.25) is 9.13 Å². The quantitative estimate of drug-likeness (QED) is 0.170. The topological polar surface area (TPSA) is 74.6 Å². The molecule has 0 saturated carbocycles. The van der Waals surface area contributed by atoms with Gasteiger partial charge in [0.2, 0.25) is 11.9 Å². The van der Waals surface area contributed by atoms with Crippen LogP contribution in [0.2, 0.25) is 0 Å². The molecule has 0 fully saturated rings. The Labute approximate surface area is 554 Å². The van der Waals surface area contributed by atoms with Crippen LogP contribution < -0.4 is 0 Å². The fraction of sp³-hybridized carbons (Fsp3) is 0. The highest BCUT2D eigenvalue weighted by Crippen LogP contribution is 2.56. The van der Waals surface area contributed by atoms with E-state index in [4.69, 9.17) is 24.4 Å². The Bertz CT molecular complexity index is 6950. The van der Waals surface area contributed by atoms with Crippen LogP contribution >= 0.6 is 57.5 Å². The van der Waals surface area contributed by atoms with Crippen molar-refractivity contribution in [3.8, 4) is 45.5 Å². The highest BCUT2D eigenvalue weighted by molar-refractivity contribution is 8.05. The Morgan fingerprint density at radius 2 is 0.840 bits per heavy atom. The molecule has 436 valence electrons. The maximum Gasteiger partial charge on any atom is 0.236 e. The summed E-state index contributed by atoms with van der Waals surface area (Å²) in [7, 11) is 0. The van der Waals surface area contributed by atoms with Crippen molar-refractivity contribution in [1.82, 2.24) is 29.1 Å². The lowest BCUT2D eigenvalue weighted by Crippen LogP contribution is -2.04. The molecular formula is C82H42N6OS5. The highest BCUT2D eigenvalue weighted by atomic mass is 32.2. The molecule has 0 spiro atoms. The van der Waals surface area contributed by atoms with E-state index in [2.05, 4.69) is 252 Å². The monoisotopic (exact) mass is 1290 g/mol. The maximum absolute atomic E-state index is 6.92. The highest BCUT2D eigenvalue weighted by Gasteiger charge is 2.30. The van der Waals surface area contributed by atoms with Gasteiger partial charge in [-0.05, 0) is 88.6 Å². The minimum atomic E-state index is 0.604. The molecule has 12 heteroatoms. The van der Waals surface area contributed by atoms with Gasteiger partial charge in [0.25, 0.3) is 0 Å². The SMILES string of the molecule is c1ccc(-c2nc(-n3c4ccccc4c4c5cc(-c6ccc7c(c6)Sc6cccc(-c8nc(-n9c%10ccccc%10c%10c%11ccccc%11c%11sc%12ccccc%12c%11c%109)nc9c8oc8ccccc89)c6S7)ccc5c5sc6ccccc6c5c43)nc3c2sc2ccccc23)cc1. The van der Waals surface area contributed by atoms with E-state index >= 15 is 0 Å². The second kappa shape index (κ2) is 19.4. The van der Waals surface area contributed by atoms with E-state index in [1.807, 2.05) is 58.3 Å². The van der Waals surface area contributed by atoms with Crippen LogP contribution in [-0.4, -0.2) is 29.1 Å². The molecular weight excluding hydrogens is 1250 g/mol. The van der Waals surface area contributed by atoms with Crippen LogP contribution in [0.25, 0.3) is 193 Å². The van der Waals surface area contributed by atoms with Crippen molar-refractivity contribution in [2.45, 2.75) is 19.6 Å². The number of benzene rings is 13. The Morgan fingerprint density at radius 1 is 0.309 bits per heavy atom. The van der Waals surface area contributed by atoms with Gasteiger partial charge >= 0.3 is 0 Å². The number of nitrogens with zero attached hydrogens (tertiary/aromatic N) is 6. The van der Waals surface area contributed by atoms with Crippen LogP contribution in [0.3, 0.4) is 0 Å². The number of fused-ring (bicyclic) bond motifs is 28. The summed E-state index contributed by atoms with van der Waals surface area (Å²) in [6.45, 7) is 0. The van der Waals surface area contributed by atoms with Gasteiger partial charge in [-0.1, -0.05) is 212 Å². The van der Waals surface area contributed by atoms with E-state index in [9.17, 15) is 0 Å². The minimum Gasteiger partial charge on any atom is -0.452 e. The maximum atomic E-state index is 6.92. The van der Waals surface area contributed by atoms with Crippen LogP contribution in [-0.2, 0) is 0 Å². The van der Waals surface area contributed by atoms with Crippen LogP contribution in [0.4, 0.5) is 0 Å². The normalized spacial score (nSPS) is 12.8. The summed E-state index contributed by atoms with van der Waals surface area (Å²) in [6, 6.07) is 92.5. The molecule has 0 saturated heterocycles. The molecule has 1 aliphatic heterocycles. The molecule has 13 aromatic carbocycles. The lowest BCUT2D eigenvalue weighted by molar-refractivity contribution is 0.666. The van der Waals surface area contributed by atoms with Crippen molar-refractivity contribution in [1.29, 1.82) is 0 Å². The summed E-state index contributed by atoms with van der Waals surface area (Å²) in [4.78, 5) is 27.3. The van der Waals surface area contributed by atoms with Gasteiger partial charge in [0.15, 0.2) is 5.58 Å². The zero-order chi connectivity index (χ0) is 61.0. The van der Waals surface area contributed by atoms with Gasteiger partial charge in [0, 0.05) is 119 Å². The van der Waals surface area contributed by atoms with E-state index in [1.165, 1.54) is 87.2 Å². The Hall–Kier alpha value is -10.7. The molecule has 0 unspecified atom stereocenters. The van der Waals surface area contributed by atoms with Crippen LogP contribution in [0.15, 0.2) is 279 Å². The van der Waals surface area contributed by atoms with Gasteiger partial charge in [0.05, 0.1) is 38.0 Å². The Morgan fingerprint density at radius 3 is 1.55 bits per heavy atom. The summed E-state index contributed by atoms with van der Waals surface area (Å²) < 4.78 is 18.9. The fourth-order valence-corrected chi connectivity index (χ4v) is 21.2. The molecule has 94 heavy (non-hydrogen) atoms. The Balaban J connectivity index is 0.720. The summed E-state index contributed by atoms with van der Waals surface area (Å²) in [6.07, 6.45) is 0. The predicted octanol–water partition coefficient (Wildman–Crippen LogP) is 24.4. The molecule has 7 nitrogen and oxygen atoms in total. The van der Waals surface area contributed by atoms with E-state index in [1.54, 1.807) is 11.3 Å². The first kappa shape index (κ1) is 51.9. The number of hydrogen-bond acceptors (Lipinski definition) is 10. The molecule has 0 bridgehead atoms. The second-order valence-electron chi connectivity index (χ2n) is 24.2. The van der Waals surface area contributed by atoms with Gasteiger partial charge in [0.1, 0.15) is 16.8 Å². The lowest BCUT2D eigenvalue weighted by Gasteiger charge is -2.22. The summed E-state index contributed by atoms with van der Waals surface area (Å²) in [5.74, 6) is 1.27.